The Labute approximate surface area is 177 Å². The molecule has 1 fully saturated rings. The van der Waals surface area contributed by atoms with Crippen molar-refractivity contribution < 1.29 is 8.42 Å². The summed E-state index contributed by atoms with van der Waals surface area (Å²) in [7, 11) is -3.48. The molecule has 1 aromatic rings. The zero-order valence-electron chi connectivity index (χ0n) is 18.0. The summed E-state index contributed by atoms with van der Waals surface area (Å²) in [6.07, 6.45) is 6.12. The maximum Gasteiger partial charge on any atom is 0.243 e. The Bertz CT molecular complexity index is 727. The van der Waals surface area contributed by atoms with Gasteiger partial charge in [-0.15, -0.1) is 0 Å². The maximum atomic E-state index is 12.8. The monoisotopic (exact) mass is 420 g/mol. The van der Waals surface area contributed by atoms with E-state index >= 15 is 0 Å². The molecule has 1 saturated heterocycles. The van der Waals surface area contributed by atoms with Crippen LogP contribution in [0.4, 0.5) is 0 Å². The van der Waals surface area contributed by atoms with Crippen LogP contribution >= 0.6 is 0 Å². The van der Waals surface area contributed by atoms with E-state index in [0.717, 1.165) is 32.6 Å². The summed E-state index contributed by atoms with van der Waals surface area (Å²) >= 11 is 0. The van der Waals surface area contributed by atoms with Gasteiger partial charge in [0.05, 0.1) is 16.5 Å². The number of nitrogens with zero attached hydrogens (tertiary/aromatic N) is 4. The highest BCUT2D eigenvalue weighted by Gasteiger charge is 2.28. The second-order valence-corrected chi connectivity index (χ2v) is 9.72. The molecule has 0 radical (unpaired) electrons. The van der Waals surface area contributed by atoms with Crippen molar-refractivity contribution in [1.82, 2.24) is 14.1 Å². The van der Waals surface area contributed by atoms with Crippen LogP contribution in [0.2, 0.25) is 0 Å². The molecule has 0 bridgehead atoms. The first-order valence-electron chi connectivity index (χ1n) is 11.0. The summed E-state index contributed by atoms with van der Waals surface area (Å²) in [6, 6.07) is 8.20. The average Bonchev–Trinajstić information content (AvgIpc) is 2.75. The summed E-state index contributed by atoms with van der Waals surface area (Å²) < 4.78 is 27.2. The third-order valence-corrected chi connectivity index (χ3v) is 7.47. The van der Waals surface area contributed by atoms with E-state index < -0.39 is 10.0 Å². The minimum atomic E-state index is -3.48. The van der Waals surface area contributed by atoms with Crippen molar-refractivity contribution in [3.63, 3.8) is 0 Å². The molecule has 1 aliphatic rings. The maximum absolute atomic E-state index is 12.8. The molecule has 0 spiro atoms. The first kappa shape index (κ1) is 23.8. The van der Waals surface area contributed by atoms with E-state index in [1.54, 1.807) is 16.4 Å². The highest BCUT2D eigenvalue weighted by atomic mass is 32.2. The van der Waals surface area contributed by atoms with E-state index in [9.17, 15) is 8.42 Å². The van der Waals surface area contributed by atoms with E-state index in [2.05, 4.69) is 23.6 Å². The van der Waals surface area contributed by atoms with Crippen LogP contribution in [0, 0.1) is 11.3 Å². The first-order valence-corrected chi connectivity index (χ1v) is 12.4. The third-order valence-electron chi connectivity index (χ3n) is 5.56. The lowest BCUT2D eigenvalue weighted by molar-refractivity contribution is 0.173. The highest BCUT2D eigenvalue weighted by Crippen LogP contribution is 2.18. The SMILES string of the molecule is CCCCN(CCCC)CCCN1CCN(S(=O)(=O)c2ccc(C#N)cc2)CC1. The van der Waals surface area contributed by atoms with Crippen LogP contribution in [-0.2, 0) is 10.0 Å². The fourth-order valence-corrected chi connectivity index (χ4v) is 5.08. The Morgan fingerprint density at radius 1 is 0.931 bits per heavy atom. The predicted octanol–water partition coefficient (Wildman–Crippen LogP) is 3.16. The Morgan fingerprint density at radius 3 is 2.00 bits per heavy atom. The van der Waals surface area contributed by atoms with Gasteiger partial charge in [-0.25, -0.2) is 8.42 Å². The molecule has 0 amide bonds. The van der Waals surface area contributed by atoms with Crippen molar-refractivity contribution in [3.8, 4) is 6.07 Å². The lowest BCUT2D eigenvalue weighted by Gasteiger charge is -2.34. The van der Waals surface area contributed by atoms with Crippen LogP contribution in [0.5, 0.6) is 0 Å². The van der Waals surface area contributed by atoms with Crippen molar-refractivity contribution in [1.29, 1.82) is 5.26 Å². The van der Waals surface area contributed by atoms with Crippen LogP contribution in [0.15, 0.2) is 29.2 Å². The van der Waals surface area contributed by atoms with Crippen LogP contribution in [0.25, 0.3) is 0 Å². The molecule has 29 heavy (non-hydrogen) atoms. The molecule has 0 N–H and O–H groups in total. The van der Waals surface area contributed by atoms with E-state index in [4.69, 9.17) is 5.26 Å². The summed E-state index contributed by atoms with van der Waals surface area (Å²) in [5.41, 5.74) is 0.473. The fourth-order valence-electron chi connectivity index (χ4n) is 3.66. The standard InChI is InChI=1S/C22H36N4O2S/c1-3-5-12-24(13-6-4-2)14-7-15-25-16-18-26(19-17-25)29(27,28)22-10-8-21(20-23)9-11-22/h8-11H,3-7,12-19H2,1-2H3. The molecule has 0 saturated carbocycles. The van der Waals surface area contributed by atoms with Crippen molar-refractivity contribution in [3.05, 3.63) is 29.8 Å². The Kier molecular flexibility index (Phi) is 10.1. The van der Waals surface area contributed by atoms with Gasteiger partial charge in [0.15, 0.2) is 0 Å². The van der Waals surface area contributed by atoms with Gasteiger partial charge in [-0.3, -0.25) is 0 Å². The summed E-state index contributed by atoms with van der Waals surface area (Å²) in [5.74, 6) is 0. The quantitative estimate of drug-likeness (QED) is 0.520. The summed E-state index contributed by atoms with van der Waals surface area (Å²) in [4.78, 5) is 5.23. The van der Waals surface area contributed by atoms with Crippen molar-refractivity contribution >= 4 is 10.0 Å². The fraction of sp³-hybridized carbons (Fsp3) is 0.682. The number of piperazine rings is 1. The Morgan fingerprint density at radius 2 is 1.48 bits per heavy atom. The van der Waals surface area contributed by atoms with Crippen LogP contribution in [0.1, 0.15) is 51.5 Å². The van der Waals surface area contributed by atoms with E-state index in [-0.39, 0.29) is 4.90 Å². The highest BCUT2D eigenvalue weighted by molar-refractivity contribution is 7.89. The zero-order chi connectivity index (χ0) is 21.1. The van der Waals surface area contributed by atoms with Crippen molar-refractivity contribution in [2.75, 3.05) is 52.4 Å². The largest absolute Gasteiger partial charge is 0.303 e. The van der Waals surface area contributed by atoms with Crippen LogP contribution in [0.3, 0.4) is 0 Å². The van der Waals surface area contributed by atoms with Gasteiger partial charge < -0.3 is 9.80 Å². The van der Waals surface area contributed by atoms with Crippen LogP contribution in [-0.4, -0.2) is 74.9 Å². The molecule has 0 atom stereocenters. The molecule has 0 unspecified atom stereocenters. The molecule has 1 heterocycles. The number of unbranched alkanes of at least 4 members (excludes halogenated alkanes) is 2. The Hall–Kier alpha value is -1.46. The predicted molar refractivity (Wildman–Crippen MR) is 117 cm³/mol. The topological polar surface area (TPSA) is 67.7 Å². The molecule has 7 heteroatoms. The van der Waals surface area contributed by atoms with Gasteiger partial charge in [-0.05, 0) is 69.7 Å². The van der Waals surface area contributed by atoms with E-state index in [1.165, 1.54) is 50.9 Å². The number of hydrogen-bond donors (Lipinski definition) is 0. The number of rotatable bonds is 12. The van der Waals surface area contributed by atoms with Gasteiger partial charge in [0.2, 0.25) is 10.0 Å². The molecule has 162 valence electrons. The minimum absolute atomic E-state index is 0.271. The van der Waals surface area contributed by atoms with Gasteiger partial charge >= 0.3 is 0 Å². The molecular weight excluding hydrogens is 384 g/mol. The molecule has 6 nitrogen and oxygen atoms in total. The number of benzene rings is 1. The number of nitriles is 1. The lowest BCUT2D eigenvalue weighted by Crippen LogP contribution is -2.49. The molecule has 2 rings (SSSR count). The smallest absolute Gasteiger partial charge is 0.243 e. The van der Waals surface area contributed by atoms with Gasteiger partial charge in [-0.2, -0.15) is 9.57 Å². The van der Waals surface area contributed by atoms with Gasteiger partial charge in [0.25, 0.3) is 0 Å². The van der Waals surface area contributed by atoms with E-state index in [1.807, 2.05) is 6.07 Å². The summed E-state index contributed by atoms with van der Waals surface area (Å²) in [5, 5.41) is 8.88. The van der Waals surface area contributed by atoms with Crippen molar-refractivity contribution in [2.24, 2.45) is 0 Å². The van der Waals surface area contributed by atoms with E-state index in [0.29, 0.717) is 18.7 Å². The second-order valence-electron chi connectivity index (χ2n) is 7.78. The second kappa shape index (κ2) is 12.3. The molecule has 1 aromatic carbocycles. The zero-order valence-corrected chi connectivity index (χ0v) is 18.8. The number of sulfonamides is 1. The molecule has 0 aliphatic carbocycles. The van der Waals surface area contributed by atoms with Crippen molar-refractivity contribution in [2.45, 2.75) is 50.8 Å². The first-order chi connectivity index (χ1) is 14.0. The third kappa shape index (κ3) is 7.38. The van der Waals surface area contributed by atoms with Gasteiger partial charge in [-0.1, -0.05) is 26.7 Å². The number of hydrogen-bond acceptors (Lipinski definition) is 5. The van der Waals surface area contributed by atoms with Crippen LogP contribution < -0.4 is 0 Å². The van der Waals surface area contributed by atoms with Gasteiger partial charge in [0.1, 0.15) is 0 Å². The normalized spacial score (nSPS) is 16.2. The lowest BCUT2D eigenvalue weighted by atomic mass is 10.2. The average molecular weight is 421 g/mol. The molecule has 0 aromatic heterocycles. The van der Waals surface area contributed by atoms with Gasteiger partial charge in [0, 0.05) is 26.2 Å². The molecule has 1 aliphatic heterocycles. The summed E-state index contributed by atoms with van der Waals surface area (Å²) in [6.45, 7) is 11.6. The molecular formula is C22H36N4O2S. The minimum Gasteiger partial charge on any atom is -0.303 e. The Balaban J connectivity index is 1.78.